The molecule has 0 radical (unpaired) electrons. The van der Waals surface area contributed by atoms with E-state index in [2.05, 4.69) is 0 Å². The maximum absolute atomic E-state index is 10.6. The second-order valence-corrected chi connectivity index (χ2v) is 3.58. The lowest BCUT2D eigenvalue weighted by atomic mass is 9.80. The molecule has 0 aliphatic carbocycles. The van der Waals surface area contributed by atoms with Crippen molar-refractivity contribution in [1.82, 2.24) is 0 Å². The minimum Gasteiger partial charge on any atom is -0.478 e. The van der Waals surface area contributed by atoms with E-state index in [0.717, 1.165) is 0 Å². The van der Waals surface area contributed by atoms with Gasteiger partial charge in [-0.15, -0.1) is 0 Å². The second kappa shape index (κ2) is 4.08. The highest BCUT2D eigenvalue weighted by molar-refractivity contribution is 14.1. The van der Waals surface area contributed by atoms with Gasteiger partial charge in [0, 0.05) is 3.57 Å². The SMILES string of the molecule is O=C(O)c1cc(B(O)O)ccc1I. The summed E-state index contributed by atoms with van der Waals surface area (Å²) >= 11 is 1.87. The minimum atomic E-state index is -1.63. The average molecular weight is 292 g/mol. The van der Waals surface area contributed by atoms with Crippen LogP contribution >= 0.6 is 22.6 Å². The summed E-state index contributed by atoms with van der Waals surface area (Å²) in [5.41, 5.74) is 0.254. The Morgan fingerprint density at radius 3 is 2.46 bits per heavy atom. The molecule has 4 nitrogen and oxygen atoms in total. The molecular weight excluding hydrogens is 286 g/mol. The lowest BCUT2D eigenvalue weighted by Gasteiger charge is -2.02. The number of aromatic carboxylic acids is 1. The van der Waals surface area contributed by atoms with E-state index >= 15 is 0 Å². The van der Waals surface area contributed by atoms with Gasteiger partial charge in [-0.25, -0.2) is 4.79 Å². The van der Waals surface area contributed by atoms with Crippen molar-refractivity contribution in [2.75, 3.05) is 0 Å². The zero-order valence-corrected chi connectivity index (χ0v) is 8.59. The van der Waals surface area contributed by atoms with Gasteiger partial charge in [0.05, 0.1) is 5.56 Å². The van der Waals surface area contributed by atoms with Crippen molar-refractivity contribution in [3.8, 4) is 0 Å². The number of hydrogen-bond donors (Lipinski definition) is 3. The molecule has 0 amide bonds. The summed E-state index contributed by atoms with van der Waals surface area (Å²) in [6, 6.07) is 4.24. The zero-order chi connectivity index (χ0) is 10.0. The van der Waals surface area contributed by atoms with E-state index in [9.17, 15) is 4.79 Å². The van der Waals surface area contributed by atoms with E-state index < -0.39 is 13.1 Å². The summed E-state index contributed by atoms with van der Waals surface area (Å²) in [5.74, 6) is -1.08. The minimum absolute atomic E-state index is 0.0752. The Hall–Kier alpha value is -0.595. The maximum Gasteiger partial charge on any atom is 0.488 e. The molecule has 6 heteroatoms. The molecule has 0 aliphatic heterocycles. The summed E-state index contributed by atoms with van der Waals surface area (Å²) in [6.07, 6.45) is 0. The number of rotatable bonds is 2. The Kier molecular flexibility index (Phi) is 3.29. The summed E-state index contributed by atoms with van der Waals surface area (Å²) in [5, 5.41) is 26.3. The Morgan fingerprint density at radius 2 is 2.00 bits per heavy atom. The molecule has 13 heavy (non-hydrogen) atoms. The second-order valence-electron chi connectivity index (χ2n) is 2.42. The van der Waals surface area contributed by atoms with Crippen molar-refractivity contribution in [3.05, 3.63) is 27.3 Å². The van der Waals surface area contributed by atoms with Gasteiger partial charge in [0.1, 0.15) is 0 Å². The topological polar surface area (TPSA) is 77.8 Å². The van der Waals surface area contributed by atoms with Gasteiger partial charge in [-0.2, -0.15) is 0 Å². The van der Waals surface area contributed by atoms with E-state index in [1.54, 1.807) is 0 Å². The molecule has 0 heterocycles. The van der Waals surface area contributed by atoms with Gasteiger partial charge < -0.3 is 15.2 Å². The smallest absolute Gasteiger partial charge is 0.478 e. The fourth-order valence-electron chi connectivity index (χ4n) is 0.867. The van der Waals surface area contributed by atoms with Crippen LogP contribution in [0.5, 0.6) is 0 Å². The van der Waals surface area contributed by atoms with Crippen LogP contribution in [0.3, 0.4) is 0 Å². The third-order valence-corrected chi connectivity index (χ3v) is 2.46. The molecule has 0 saturated heterocycles. The Balaban J connectivity index is 3.19. The monoisotopic (exact) mass is 292 g/mol. The molecule has 0 aromatic heterocycles. The molecule has 0 aliphatic rings. The van der Waals surface area contributed by atoms with Crippen LogP contribution in [-0.4, -0.2) is 28.2 Å². The average Bonchev–Trinajstić information content (AvgIpc) is 2.04. The van der Waals surface area contributed by atoms with Crippen LogP contribution in [0.25, 0.3) is 0 Å². The molecule has 0 spiro atoms. The summed E-state index contributed by atoms with van der Waals surface area (Å²) in [6.45, 7) is 0. The van der Waals surface area contributed by atoms with E-state index in [1.165, 1.54) is 18.2 Å². The van der Waals surface area contributed by atoms with E-state index in [1.807, 2.05) is 22.6 Å². The summed E-state index contributed by atoms with van der Waals surface area (Å²) in [4.78, 5) is 10.6. The third-order valence-electron chi connectivity index (χ3n) is 1.52. The highest BCUT2D eigenvalue weighted by Crippen LogP contribution is 2.10. The first-order valence-electron chi connectivity index (χ1n) is 3.41. The number of carboxylic acids is 1. The van der Waals surface area contributed by atoms with E-state index in [-0.39, 0.29) is 11.0 Å². The van der Waals surface area contributed by atoms with Gasteiger partial charge in [0.2, 0.25) is 0 Å². The fraction of sp³-hybridized carbons (Fsp3) is 0. The quantitative estimate of drug-likeness (QED) is 0.515. The van der Waals surface area contributed by atoms with Gasteiger partial charge in [0.15, 0.2) is 0 Å². The number of benzene rings is 1. The van der Waals surface area contributed by atoms with Crippen molar-refractivity contribution in [1.29, 1.82) is 0 Å². The van der Waals surface area contributed by atoms with Gasteiger partial charge in [-0.05, 0) is 40.2 Å². The van der Waals surface area contributed by atoms with Crippen molar-refractivity contribution in [2.24, 2.45) is 0 Å². The van der Waals surface area contributed by atoms with Crippen LogP contribution in [0.2, 0.25) is 0 Å². The highest BCUT2D eigenvalue weighted by Gasteiger charge is 2.15. The number of carboxylic acid groups (broad SMARTS) is 1. The molecule has 1 aromatic rings. The molecular formula is C7H6BIO4. The third kappa shape index (κ3) is 2.42. The summed E-state index contributed by atoms with van der Waals surface area (Å²) < 4.78 is 0.564. The molecule has 1 rings (SSSR count). The van der Waals surface area contributed by atoms with Crippen LogP contribution in [0.15, 0.2) is 18.2 Å². The molecule has 68 valence electrons. The predicted octanol–water partition coefficient (Wildman–Crippen LogP) is -0.331. The molecule has 0 unspecified atom stereocenters. The Bertz CT molecular complexity index is 339. The van der Waals surface area contributed by atoms with Crippen molar-refractivity contribution >= 4 is 41.1 Å². The molecule has 0 fully saturated rings. The number of carbonyl (C=O) groups is 1. The van der Waals surface area contributed by atoms with Crippen LogP contribution in [-0.2, 0) is 0 Å². The van der Waals surface area contributed by atoms with Crippen LogP contribution < -0.4 is 5.46 Å². The van der Waals surface area contributed by atoms with Crippen molar-refractivity contribution in [2.45, 2.75) is 0 Å². The molecule has 0 bridgehead atoms. The zero-order valence-electron chi connectivity index (χ0n) is 6.44. The Morgan fingerprint density at radius 1 is 1.38 bits per heavy atom. The molecule has 1 aromatic carbocycles. The fourth-order valence-corrected chi connectivity index (χ4v) is 1.43. The highest BCUT2D eigenvalue weighted by atomic mass is 127. The van der Waals surface area contributed by atoms with E-state index in [4.69, 9.17) is 15.2 Å². The maximum atomic E-state index is 10.6. The van der Waals surface area contributed by atoms with Crippen LogP contribution in [0.1, 0.15) is 10.4 Å². The standard InChI is InChI=1S/C7H6BIO4/c9-6-2-1-4(8(12)13)3-5(6)7(10)11/h1-3,12-13H,(H,10,11). The number of hydrogen-bond acceptors (Lipinski definition) is 3. The first-order valence-corrected chi connectivity index (χ1v) is 4.49. The first kappa shape index (κ1) is 10.5. The molecule has 3 N–H and O–H groups in total. The molecule has 0 saturated carbocycles. The summed E-state index contributed by atoms with van der Waals surface area (Å²) in [7, 11) is -1.63. The normalized spacial score (nSPS) is 9.77. The van der Waals surface area contributed by atoms with Gasteiger partial charge in [-0.3, -0.25) is 0 Å². The largest absolute Gasteiger partial charge is 0.488 e. The van der Waals surface area contributed by atoms with Crippen molar-refractivity contribution < 1.29 is 19.9 Å². The lowest BCUT2D eigenvalue weighted by Crippen LogP contribution is -2.30. The lowest BCUT2D eigenvalue weighted by molar-refractivity contribution is 0.0696. The predicted molar refractivity (Wildman–Crippen MR) is 55.9 cm³/mol. The first-order chi connectivity index (χ1) is 6.02. The van der Waals surface area contributed by atoms with Gasteiger partial charge in [-0.1, -0.05) is 6.07 Å². The van der Waals surface area contributed by atoms with Crippen LogP contribution in [0, 0.1) is 3.57 Å². The van der Waals surface area contributed by atoms with Crippen LogP contribution in [0.4, 0.5) is 0 Å². The van der Waals surface area contributed by atoms with Gasteiger partial charge >= 0.3 is 13.1 Å². The van der Waals surface area contributed by atoms with Crippen molar-refractivity contribution in [3.63, 3.8) is 0 Å². The Labute approximate surface area is 88.5 Å². The molecule has 0 atom stereocenters. The number of halogens is 1. The van der Waals surface area contributed by atoms with E-state index in [0.29, 0.717) is 3.57 Å². The van der Waals surface area contributed by atoms with Gasteiger partial charge in [0.25, 0.3) is 0 Å².